The lowest BCUT2D eigenvalue weighted by molar-refractivity contribution is -0.116. The molecule has 0 unspecified atom stereocenters. The highest BCUT2D eigenvalue weighted by atomic mass is 32.2. The van der Waals surface area contributed by atoms with Crippen molar-refractivity contribution in [2.75, 3.05) is 35.0 Å². The van der Waals surface area contributed by atoms with Crippen molar-refractivity contribution in [3.05, 3.63) is 90.0 Å². The summed E-state index contributed by atoms with van der Waals surface area (Å²) in [5, 5.41) is 2.89. The molecule has 1 aliphatic rings. The molecule has 164 valence electrons. The van der Waals surface area contributed by atoms with Crippen LogP contribution in [0.3, 0.4) is 0 Å². The average molecular weight is 446 g/mol. The molecule has 0 radical (unpaired) electrons. The third-order valence-electron chi connectivity index (χ3n) is 5.45. The highest BCUT2D eigenvalue weighted by molar-refractivity contribution is 8.00. The van der Waals surface area contributed by atoms with Gasteiger partial charge in [0.1, 0.15) is 5.37 Å². The Morgan fingerprint density at radius 1 is 1.03 bits per heavy atom. The molecule has 3 aromatic carbocycles. The molecule has 3 aromatic rings. The van der Waals surface area contributed by atoms with Gasteiger partial charge in [-0.25, -0.2) is 0 Å². The molecule has 0 spiro atoms. The molecule has 1 saturated heterocycles. The fourth-order valence-electron chi connectivity index (χ4n) is 3.76. The van der Waals surface area contributed by atoms with Crippen molar-refractivity contribution in [3.63, 3.8) is 0 Å². The predicted molar refractivity (Wildman–Crippen MR) is 133 cm³/mol. The van der Waals surface area contributed by atoms with Crippen molar-refractivity contribution in [1.82, 2.24) is 0 Å². The summed E-state index contributed by atoms with van der Waals surface area (Å²) in [5.74, 6) is 0.514. The molecule has 6 heteroatoms. The summed E-state index contributed by atoms with van der Waals surface area (Å²) < 4.78 is 0. The van der Waals surface area contributed by atoms with Crippen LogP contribution in [0.15, 0.2) is 78.9 Å². The van der Waals surface area contributed by atoms with Crippen LogP contribution in [0.1, 0.15) is 22.9 Å². The maximum absolute atomic E-state index is 12.7. The highest BCUT2D eigenvalue weighted by Crippen LogP contribution is 2.42. The maximum atomic E-state index is 12.7. The monoisotopic (exact) mass is 445 g/mol. The van der Waals surface area contributed by atoms with E-state index in [1.165, 1.54) is 0 Å². The zero-order valence-corrected chi connectivity index (χ0v) is 19.1. The van der Waals surface area contributed by atoms with Crippen LogP contribution in [0, 0.1) is 0 Å². The molecule has 1 heterocycles. The molecule has 1 N–H and O–H groups in total. The molecule has 0 bridgehead atoms. The van der Waals surface area contributed by atoms with E-state index in [4.69, 9.17) is 0 Å². The van der Waals surface area contributed by atoms with Gasteiger partial charge in [0.15, 0.2) is 0 Å². The van der Waals surface area contributed by atoms with Gasteiger partial charge in [0.2, 0.25) is 11.8 Å². The van der Waals surface area contributed by atoms with E-state index in [0.29, 0.717) is 18.6 Å². The minimum Gasteiger partial charge on any atom is -0.378 e. The number of nitrogens with one attached hydrogen (secondary N) is 1. The van der Waals surface area contributed by atoms with Crippen LogP contribution >= 0.6 is 11.8 Å². The van der Waals surface area contributed by atoms with Crippen molar-refractivity contribution in [3.8, 4) is 0 Å². The second kappa shape index (κ2) is 9.92. The first-order chi connectivity index (χ1) is 15.5. The van der Waals surface area contributed by atoms with E-state index in [-0.39, 0.29) is 17.2 Å². The second-order valence-electron chi connectivity index (χ2n) is 8.00. The number of rotatable bonds is 7. The van der Waals surface area contributed by atoms with E-state index in [1.54, 1.807) is 11.8 Å². The van der Waals surface area contributed by atoms with Gasteiger partial charge in [-0.15, -0.1) is 11.8 Å². The zero-order chi connectivity index (χ0) is 22.5. The first kappa shape index (κ1) is 22.0. The van der Waals surface area contributed by atoms with E-state index in [2.05, 4.69) is 5.32 Å². The SMILES string of the molecule is CN(C)c1ccc(N2C(=O)CS[C@@H]2c2cccc(NC(=O)CCc3ccccc3)c2)cc1. The zero-order valence-electron chi connectivity index (χ0n) is 18.3. The third-order valence-corrected chi connectivity index (χ3v) is 6.66. The topological polar surface area (TPSA) is 52.6 Å². The summed E-state index contributed by atoms with van der Waals surface area (Å²) in [4.78, 5) is 29.0. The van der Waals surface area contributed by atoms with Gasteiger partial charge in [-0.2, -0.15) is 0 Å². The van der Waals surface area contributed by atoms with E-state index in [9.17, 15) is 9.59 Å². The van der Waals surface area contributed by atoms with Crippen LogP contribution in [-0.4, -0.2) is 31.7 Å². The fourth-order valence-corrected chi connectivity index (χ4v) is 4.92. The normalized spacial score (nSPS) is 15.6. The first-order valence-corrected chi connectivity index (χ1v) is 11.7. The molecular formula is C26H27N3O2S. The maximum Gasteiger partial charge on any atom is 0.238 e. The molecule has 0 aliphatic carbocycles. The van der Waals surface area contributed by atoms with Gasteiger partial charge < -0.3 is 10.2 Å². The Balaban J connectivity index is 1.46. The lowest BCUT2D eigenvalue weighted by Gasteiger charge is -2.25. The smallest absolute Gasteiger partial charge is 0.238 e. The number of nitrogens with zero attached hydrogens (tertiary/aromatic N) is 2. The lowest BCUT2D eigenvalue weighted by atomic mass is 10.1. The standard InChI is InChI=1S/C26H27N3O2S/c1-28(2)22-12-14-23(15-13-22)29-25(31)18-32-26(29)20-9-6-10-21(17-20)27-24(30)16-11-19-7-4-3-5-8-19/h3-10,12-15,17,26H,11,16,18H2,1-2H3,(H,27,30)/t26-/m1/s1. The van der Waals surface area contributed by atoms with Crippen LogP contribution in [0.2, 0.25) is 0 Å². The number of carbonyl (C=O) groups excluding carboxylic acids is 2. The van der Waals surface area contributed by atoms with Crippen LogP contribution in [0.4, 0.5) is 17.1 Å². The quantitative estimate of drug-likeness (QED) is 0.550. The number of aryl methyl sites for hydroxylation is 1. The Morgan fingerprint density at radius 3 is 2.50 bits per heavy atom. The Labute approximate surface area is 193 Å². The summed E-state index contributed by atoms with van der Waals surface area (Å²) in [6.45, 7) is 0. The van der Waals surface area contributed by atoms with Crippen molar-refractivity contribution in [2.24, 2.45) is 0 Å². The van der Waals surface area contributed by atoms with Crippen LogP contribution in [0.25, 0.3) is 0 Å². The minimum atomic E-state index is -0.117. The average Bonchev–Trinajstić information content (AvgIpc) is 3.20. The highest BCUT2D eigenvalue weighted by Gasteiger charge is 2.34. The van der Waals surface area contributed by atoms with Gasteiger partial charge in [-0.3, -0.25) is 14.5 Å². The number of thioether (sulfide) groups is 1. The Bertz CT molecular complexity index is 1080. The summed E-state index contributed by atoms with van der Waals surface area (Å²) in [7, 11) is 3.99. The molecule has 2 amide bonds. The van der Waals surface area contributed by atoms with Gasteiger partial charge in [0, 0.05) is 37.6 Å². The van der Waals surface area contributed by atoms with Gasteiger partial charge in [0.05, 0.1) is 5.75 Å². The molecule has 4 rings (SSSR count). The summed E-state index contributed by atoms with van der Waals surface area (Å²) in [6.07, 6.45) is 1.13. The molecule has 1 atom stereocenters. The summed E-state index contributed by atoms with van der Waals surface area (Å²) in [6, 6.07) is 25.8. The van der Waals surface area contributed by atoms with Gasteiger partial charge in [0.25, 0.3) is 0 Å². The van der Waals surface area contributed by atoms with Gasteiger partial charge in [-0.05, 0) is 53.9 Å². The second-order valence-corrected chi connectivity index (χ2v) is 9.07. The van der Waals surface area contributed by atoms with Crippen molar-refractivity contribution >= 4 is 40.6 Å². The summed E-state index contributed by atoms with van der Waals surface area (Å²) >= 11 is 1.61. The molecule has 0 saturated carbocycles. The van der Waals surface area contributed by atoms with E-state index >= 15 is 0 Å². The molecule has 5 nitrogen and oxygen atoms in total. The number of hydrogen-bond donors (Lipinski definition) is 1. The predicted octanol–water partition coefficient (Wildman–Crippen LogP) is 5.10. The Hall–Kier alpha value is -3.25. The lowest BCUT2D eigenvalue weighted by Crippen LogP contribution is -2.27. The van der Waals surface area contributed by atoms with Crippen LogP contribution < -0.4 is 15.1 Å². The Kier molecular flexibility index (Phi) is 6.81. The van der Waals surface area contributed by atoms with Crippen LogP contribution in [-0.2, 0) is 16.0 Å². The number of anilines is 3. The number of hydrogen-bond acceptors (Lipinski definition) is 4. The van der Waals surface area contributed by atoms with Crippen LogP contribution in [0.5, 0.6) is 0 Å². The fraction of sp³-hybridized carbons (Fsp3) is 0.231. The molecule has 1 aliphatic heterocycles. The van der Waals surface area contributed by atoms with Crippen molar-refractivity contribution in [2.45, 2.75) is 18.2 Å². The Morgan fingerprint density at radius 2 is 1.78 bits per heavy atom. The van der Waals surface area contributed by atoms with Gasteiger partial charge in [-0.1, -0.05) is 42.5 Å². The first-order valence-electron chi connectivity index (χ1n) is 10.7. The summed E-state index contributed by atoms with van der Waals surface area (Å²) in [5.41, 5.74) is 4.87. The molecule has 32 heavy (non-hydrogen) atoms. The number of amides is 2. The molecular weight excluding hydrogens is 418 g/mol. The largest absolute Gasteiger partial charge is 0.378 e. The van der Waals surface area contributed by atoms with E-state index in [0.717, 1.165) is 28.2 Å². The van der Waals surface area contributed by atoms with E-state index in [1.807, 2.05) is 103 Å². The van der Waals surface area contributed by atoms with Crippen molar-refractivity contribution < 1.29 is 9.59 Å². The van der Waals surface area contributed by atoms with Crippen molar-refractivity contribution in [1.29, 1.82) is 0 Å². The molecule has 1 fully saturated rings. The third kappa shape index (κ3) is 5.14. The van der Waals surface area contributed by atoms with E-state index < -0.39 is 0 Å². The number of carbonyl (C=O) groups is 2. The van der Waals surface area contributed by atoms with Gasteiger partial charge >= 0.3 is 0 Å². The number of benzene rings is 3. The minimum absolute atomic E-state index is 0.0164. The molecule has 0 aromatic heterocycles.